The molecule has 0 atom stereocenters. The lowest BCUT2D eigenvalue weighted by Crippen LogP contribution is -2.39. The number of rotatable bonds is 8. The topological polar surface area (TPSA) is 84.3 Å². The van der Waals surface area contributed by atoms with Crippen molar-refractivity contribution in [3.05, 3.63) is 53.3 Å². The first kappa shape index (κ1) is 24.7. The van der Waals surface area contributed by atoms with Crippen molar-refractivity contribution in [2.24, 2.45) is 5.92 Å². The molecule has 0 aliphatic heterocycles. The molecule has 9 heteroatoms. The first-order chi connectivity index (χ1) is 16.4. The number of carbonyl (C=O) groups is 1. The molecule has 178 valence electrons. The highest BCUT2D eigenvalue weighted by Gasteiger charge is 2.38. The van der Waals surface area contributed by atoms with Crippen LogP contribution in [0, 0.1) is 17.1 Å². The molecule has 34 heavy (non-hydrogen) atoms. The van der Waals surface area contributed by atoms with Gasteiger partial charge in [0.15, 0.2) is 0 Å². The third-order valence-corrected chi connectivity index (χ3v) is 7.04. The number of nitrogens with zero attached hydrogens (tertiary/aromatic N) is 1. The van der Waals surface area contributed by atoms with Crippen LogP contribution < -0.4 is 9.46 Å². The van der Waals surface area contributed by atoms with E-state index >= 15 is 0 Å². The lowest BCUT2D eigenvalue weighted by Gasteiger charge is -2.34. The Hall–Kier alpha value is -2.40. The molecule has 6 nitrogen and oxygen atoms in total. The summed E-state index contributed by atoms with van der Waals surface area (Å²) in [5, 5.41) is 8.77. The van der Waals surface area contributed by atoms with E-state index in [-0.39, 0.29) is 29.7 Å². The average Bonchev–Trinajstić information content (AvgIpc) is 2.80. The number of nitrogens with one attached hydrogen (secondary N) is 2. The Bertz CT molecular complexity index is 1230. The number of pyridine rings is 1. The maximum atomic E-state index is 13.8. The number of benzene rings is 2. The summed E-state index contributed by atoms with van der Waals surface area (Å²) in [6.07, 6.45) is 2.35. The van der Waals surface area contributed by atoms with E-state index in [4.69, 9.17) is 19.9 Å². The van der Waals surface area contributed by atoms with Gasteiger partial charge in [0.05, 0.1) is 24.2 Å². The molecule has 0 saturated heterocycles. The Balaban J connectivity index is 1.90. The van der Waals surface area contributed by atoms with Gasteiger partial charge in [0.25, 0.3) is 0 Å². The SMILES string of the molecule is COC(=O)C1CC(Oc2nc3cc(NSI)c(C=N)cc3c(-c3ccc(F)cc3)c2C(C)C)C1. The monoisotopic (exact) mass is 593 g/mol. The quantitative estimate of drug-likeness (QED) is 0.128. The van der Waals surface area contributed by atoms with Gasteiger partial charge in [-0.3, -0.25) is 4.79 Å². The van der Waals surface area contributed by atoms with Gasteiger partial charge < -0.3 is 19.6 Å². The number of hydrogen-bond acceptors (Lipinski definition) is 7. The molecule has 0 radical (unpaired) electrons. The van der Waals surface area contributed by atoms with Crippen LogP contribution in [0.15, 0.2) is 36.4 Å². The molecule has 0 bridgehead atoms. The predicted octanol–water partition coefficient (Wildman–Crippen LogP) is 6.90. The Kier molecular flexibility index (Phi) is 7.61. The minimum atomic E-state index is -0.307. The number of hydrogen-bond donors (Lipinski definition) is 2. The van der Waals surface area contributed by atoms with Crippen molar-refractivity contribution in [2.45, 2.75) is 38.7 Å². The van der Waals surface area contributed by atoms with Crippen LogP contribution in [-0.4, -0.2) is 30.4 Å². The van der Waals surface area contributed by atoms with Gasteiger partial charge in [-0.1, -0.05) is 26.0 Å². The van der Waals surface area contributed by atoms with Crippen LogP contribution in [0.3, 0.4) is 0 Å². The van der Waals surface area contributed by atoms with Gasteiger partial charge in [-0.2, -0.15) is 0 Å². The summed E-state index contributed by atoms with van der Waals surface area (Å²) in [4.78, 5) is 16.7. The maximum Gasteiger partial charge on any atom is 0.308 e. The summed E-state index contributed by atoms with van der Waals surface area (Å²) in [6.45, 7) is 4.14. The van der Waals surface area contributed by atoms with Crippen molar-refractivity contribution >= 4 is 59.1 Å². The van der Waals surface area contributed by atoms with Crippen LogP contribution in [0.25, 0.3) is 22.0 Å². The zero-order valence-electron chi connectivity index (χ0n) is 19.0. The van der Waals surface area contributed by atoms with Crippen molar-refractivity contribution in [1.82, 2.24) is 4.98 Å². The standard InChI is InChI=1S/C25H25FIN3O3S/c1-13(2)22-23(14-4-6-17(26)7-5-14)19-10-16(12-28)20(30-34-27)11-21(19)29-24(22)33-18-8-15(9-18)25(31)32-3/h4-7,10-13,15,18,28,30H,8-9H2,1-3H3. The average molecular weight is 593 g/mol. The Morgan fingerprint density at radius 2 is 2.00 bits per heavy atom. The number of aromatic nitrogens is 1. The zero-order valence-corrected chi connectivity index (χ0v) is 22.0. The Labute approximate surface area is 214 Å². The number of halogens is 2. The van der Waals surface area contributed by atoms with Gasteiger partial charge >= 0.3 is 5.97 Å². The first-order valence-corrected chi connectivity index (χ1v) is 14.3. The number of fused-ring (bicyclic) bond motifs is 1. The van der Waals surface area contributed by atoms with Gasteiger partial charge in [-0.05, 0) is 54.2 Å². The van der Waals surface area contributed by atoms with Crippen molar-refractivity contribution in [1.29, 1.82) is 5.41 Å². The van der Waals surface area contributed by atoms with Gasteiger partial charge in [0.1, 0.15) is 11.9 Å². The normalized spacial score (nSPS) is 17.4. The fourth-order valence-electron chi connectivity index (χ4n) is 4.30. The van der Waals surface area contributed by atoms with Gasteiger partial charge in [0, 0.05) is 53.1 Å². The summed E-state index contributed by atoms with van der Waals surface area (Å²) in [7, 11) is 2.81. The highest BCUT2D eigenvalue weighted by molar-refractivity contribution is 14.2. The summed E-state index contributed by atoms with van der Waals surface area (Å²) >= 11 is 2.14. The third kappa shape index (κ3) is 4.86. The summed E-state index contributed by atoms with van der Waals surface area (Å²) in [6, 6.07) is 10.2. The highest BCUT2D eigenvalue weighted by atomic mass is 127. The number of esters is 1. The number of methoxy groups -OCH3 is 1. The second-order valence-corrected chi connectivity index (χ2v) is 10.3. The van der Waals surface area contributed by atoms with E-state index in [1.54, 1.807) is 12.1 Å². The molecule has 0 amide bonds. The Morgan fingerprint density at radius 1 is 1.29 bits per heavy atom. The third-order valence-electron chi connectivity index (χ3n) is 6.08. The van der Waals surface area contributed by atoms with Crippen LogP contribution in [0.5, 0.6) is 5.88 Å². The number of anilines is 1. The minimum absolute atomic E-state index is 0.0644. The highest BCUT2D eigenvalue weighted by Crippen LogP contribution is 2.43. The lowest BCUT2D eigenvalue weighted by molar-refractivity contribution is -0.151. The predicted molar refractivity (Wildman–Crippen MR) is 144 cm³/mol. The molecule has 1 fully saturated rings. The fraction of sp³-hybridized carbons (Fsp3) is 0.320. The van der Waals surface area contributed by atoms with E-state index in [1.807, 2.05) is 12.1 Å². The molecule has 1 aromatic heterocycles. The minimum Gasteiger partial charge on any atom is -0.474 e. The second-order valence-electron chi connectivity index (χ2n) is 8.58. The van der Waals surface area contributed by atoms with E-state index in [0.717, 1.165) is 33.3 Å². The van der Waals surface area contributed by atoms with Crippen LogP contribution in [0.1, 0.15) is 43.7 Å². The van der Waals surface area contributed by atoms with E-state index in [9.17, 15) is 9.18 Å². The first-order valence-electron chi connectivity index (χ1n) is 10.9. The van der Waals surface area contributed by atoms with E-state index in [0.29, 0.717) is 24.2 Å². The molecule has 1 heterocycles. The van der Waals surface area contributed by atoms with Crippen molar-refractivity contribution in [3.63, 3.8) is 0 Å². The fourth-order valence-corrected chi connectivity index (χ4v) is 5.27. The summed E-state index contributed by atoms with van der Waals surface area (Å²) in [5.74, 6) is -0.0890. The molecule has 2 N–H and O–H groups in total. The van der Waals surface area contributed by atoms with E-state index in [2.05, 4.69) is 39.8 Å². The molecule has 0 unspecified atom stereocenters. The summed E-state index contributed by atoms with van der Waals surface area (Å²) in [5.41, 5.74) is 4.89. The smallest absolute Gasteiger partial charge is 0.308 e. The summed E-state index contributed by atoms with van der Waals surface area (Å²) < 4.78 is 28.2. The van der Waals surface area contributed by atoms with Gasteiger partial charge in [0.2, 0.25) is 5.88 Å². The van der Waals surface area contributed by atoms with E-state index in [1.165, 1.54) is 34.6 Å². The van der Waals surface area contributed by atoms with Crippen molar-refractivity contribution in [3.8, 4) is 17.0 Å². The van der Waals surface area contributed by atoms with Gasteiger partial charge in [-0.15, -0.1) is 0 Å². The van der Waals surface area contributed by atoms with Crippen LogP contribution in [0.2, 0.25) is 0 Å². The van der Waals surface area contributed by atoms with Crippen molar-refractivity contribution in [2.75, 3.05) is 11.8 Å². The molecular formula is C25H25FIN3O3S. The van der Waals surface area contributed by atoms with E-state index < -0.39 is 0 Å². The van der Waals surface area contributed by atoms with Crippen LogP contribution in [-0.2, 0) is 9.53 Å². The molecule has 1 saturated carbocycles. The lowest BCUT2D eigenvalue weighted by atomic mass is 9.82. The van der Waals surface area contributed by atoms with Gasteiger partial charge in [-0.25, -0.2) is 9.37 Å². The molecule has 0 spiro atoms. The maximum absolute atomic E-state index is 13.8. The molecule has 1 aliphatic rings. The number of carbonyl (C=O) groups excluding carboxylic acids is 1. The largest absolute Gasteiger partial charge is 0.474 e. The second kappa shape index (κ2) is 10.5. The van der Waals surface area contributed by atoms with Crippen molar-refractivity contribution < 1.29 is 18.7 Å². The molecule has 1 aliphatic carbocycles. The Morgan fingerprint density at radius 3 is 2.59 bits per heavy atom. The molecular weight excluding hydrogens is 568 g/mol. The molecule has 2 aromatic carbocycles. The molecule has 3 aromatic rings. The zero-order chi connectivity index (χ0) is 24.4. The molecule has 4 rings (SSSR count). The number of ether oxygens (including phenoxy) is 2. The van der Waals surface area contributed by atoms with Crippen LogP contribution >= 0.6 is 30.3 Å². The van der Waals surface area contributed by atoms with Crippen LogP contribution in [0.4, 0.5) is 10.1 Å².